The van der Waals surface area contributed by atoms with Gasteiger partial charge in [0.1, 0.15) is 0 Å². The van der Waals surface area contributed by atoms with E-state index in [1.54, 1.807) is 0 Å². The molecule has 3 nitrogen and oxygen atoms in total. The minimum atomic E-state index is -0.0533. The van der Waals surface area contributed by atoms with Crippen LogP contribution in [0.5, 0.6) is 0 Å². The molecule has 3 heteroatoms. The summed E-state index contributed by atoms with van der Waals surface area (Å²) in [6.45, 7) is 7.48. The summed E-state index contributed by atoms with van der Waals surface area (Å²) in [7, 11) is 1.98. The Morgan fingerprint density at radius 3 is 2.68 bits per heavy atom. The number of nitrogens with one attached hydrogen (secondary N) is 1. The van der Waals surface area contributed by atoms with Crippen LogP contribution in [0.2, 0.25) is 0 Å². The van der Waals surface area contributed by atoms with Gasteiger partial charge in [0.15, 0.2) is 0 Å². The summed E-state index contributed by atoms with van der Waals surface area (Å²) >= 11 is 0. The minimum Gasteiger partial charge on any atom is -0.333 e. The lowest BCUT2D eigenvalue weighted by molar-refractivity contribution is 0.408. The molecule has 0 bridgehead atoms. The first-order valence-electron chi connectivity index (χ1n) is 6.78. The summed E-state index contributed by atoms with van der Waals surface area (Å²) in [4.78, 5) is 4.29. The van der Waals surface area contributed by atoms with Crippen LogP contribution >= 0.6 is 0 Å². The van der Waals surface area contributed by atoms with Crippen molar-refractivity contribution in [3.05, 3.63) is 53.6 Å². The highest BCUT2D eigenvalue weighted by Crippen LogP contribution is 2.19. The Morgan fingerprint density at radius 1 is 1.26 bits per heavy atom. The largest absolute Gasteiger partial charge is 0.333 e. The molecule has 0 amide bonds. The molecular weight excluding hydrogens is 234 g/mol. The average Bonchev–Trinajstić information content (AvgIpc) is 2.87. The van der Waals surface area contributed by atoms with Crippen LogP contribution in [0.15, 0.2) is 36.8 Å². The van der Waals surface area contributed by atoms with Crippen molar-refractivity contribution in [3.8, 4) is 0 Å². The van der Waals surface area contributed by atoms with E-state index in [0.29, 0.717) is 0 Å². The number of aromatic nitrogens is 2. The highest BCUT2D eigenvalue weighted by atomic mass is 15.1. The van der Waals surface area contributed by atoms with Crippen LogP contribution in [0.4, 0.5) is 0 Å². The van der Waals surface area contributed by atoms with Crippen LogP contribution in [-0.4, -0.2) is 16.6 Å². The molecule has 19 heavy (non-hydrogen) atoms. The molecule has 0 aliphatic carbocycles. The smallest absolute Gasteiger partial charge is 0.0948 e. The van der Waals surface area contributed by atoms with Crippen LogP contribution in [0.1, 0.15) is 30.7 Å². The quantitative estimate of drug-likeness (QED) is 0.892. The molecule has 0 atom stereocenters. The second-order valence-electron chi connectivity index (χ2n) is 5.52. The highest BCUT2D eigenvalue weighted by molar-refractivity contribution is 5.25. The molecule has 0 saturated heterocycles. The number of hydrogen-bond donors (Lipinski definition) is 1. The number of rotatable bonds is 5. The van der Waals surface area contributed by atoms with Gasteiger partial charge >= 0.3 is 0 Å². The molecule has 102 valence electrons. The summed E-state index contributed by atoms with van der Waals surface area (Å²) in [6, 6.07) is 8.57. The lowest BCUT2D eigenvalue weighted by Gasteiger charge is -2.25. The van der Waals surface area contributed by atoms with Gasteiger partial charge in [-0.3, -0.25) is 0 Å². The zero-order valence-corrected chi connectivity index (χ0v) is 12.3. The third kappa shape index (κ3) is 3.04. The van der Waals surface area contributed by atoms with Crippen molar-refractivity contribution < 1.29 is 0 Å². The predicted molar refractivity (Wildman–Crippen MR) is 79.2 cm³/mol. The van der Waals surface area contributed by atoms with Crippen LogP contribution in [0.25, 0.3) is 0 Å². The summed E-state index contributed by atoms with van der Waals surface area (Å²) < 4.78 is 2.24. The minimum absolute atomic E-state index is 0.0533. The van der Waals surface area contributed by atoms with E-state index >= 15 is 0 Å². The molecule has 0 aliphatic rings. The van der Waals surface area contributed by atoms with Gasteiger partial charge in [0.05, 0.1) is 17.6 Å². The van der Waals surface area contributed by atoms with Crippen molar-refractivity contribution in [2.24, 2.45) is 0 Å². The van der Waals surface area contributed by atoms with Gasteiger partial charge in [-0.15, -0.1) is 0 Å². The molecule has 0 spiro atoms. The van der Waals surface area contributed by atoms with E-state index in [1.807, 2.05) is 19.6 Å². The maximum atomic E-state index is 4.29. The van der Waals surface area contributed by atoms with E-state index in [-0.39, 0.29) is 5.54 Å². The third-order valence-corrected chi connectivity index (χ3v) is 3.86. The number of benzene rings is 1. The molecule has 0 fully saturated rings. The van der Waals surface area contributed by atoms with E-state index in [2.05, 4.69) is 59.9 Å². The topological polar surface area (TPSA) is 29.9 Å². The molecule has 1 heterocycles. The molecule has 2 aromatic rings. The van der Waals surface area contributed by atoms with E-state index in [9.17, 15) is 0 Å². The zero-order valence-electron chi connectivity index (χ0n) is 12.3. The molecule has 1 aromatic heterocycles. The molecule has 0 aliphatic heterocycles. The van der Waals surface area contributed by atoms with Crippen molar-refractivity contribution in [2.75, 3.05) is 7.05 Å². The fraction of sp³-hybridized carbons (Fsp3) is 0.438. The Labute approximate surface area is 115 Å². The Bertz CT molecular complexity index is 540. The predicted octanol–water partition coefficient (Wildman–Crippen LogP) is 2.89. The second kappa shape index (κ2) is 5.57. The van der Waals surface area contributed by atoms with Gasteiger partial charge in [0.2, 0.25) is 0 Å². The first-order chi connectivity index (χ1) is 9.04. The molecule has 2 rings (SSSR count). The molecular formula is C16H23N3. The van der Waals surface area contributed by atoms with Crippen LogP contribution in [0.3, 0.4) is 0 Å². The van der Waals surface area contributed by atoms with Gasteiger partial charge < -0.3 is 9.88 Å². The van der Waals surface area contributed by atoms with Crippen molar-refractivity contribution in [2.45, 2.75) is 39.3 Å². The summed E-state index contributed by atoms with van der Waals surface area (Å²) in [6.07, 6.45) is 4.91. The van der Waals surface area contributed by atoms with Gasteiger partial charge in [-0.1, -0.05) is 24.3 Å². The molecule has 0 unspecified atom stereocenters. The first kappa shape index (κ1) is 13.8. The Balaban J connectivity index is 2.13. The van der Waals surface area contributed by atoms with E-state index in [1.165, 1.54) is 16.8 Å². The molecule has 0 saturated carbocycles. The average molecular weight is 257 g/mol. The lowest BCUT2D eigenvalue weighted by Crippen LogP contribution is -2.35. The Kier molecular flexibility index (Phi) is 4.05. The first-order valence-corrected chi connectivity index (χ1v) is 6.78. The maximum absolute atomic E-state index is 4.29. The van der Waals surface area contributed by atoms with E-state index in [0.717, 1.165) is 13.0 Å². The van der Waals surface area contributed by atoms with Gasteiger partial charge in [0.25, 0.3) is 0 Å². The van der Waals surface area contributed by atoms with Gasteiger partial charge in [-0.25, -0.2) is 4.98 Å². The molecule has 0 radical (unpaired) electrons. The zero-order chi connectivity index (χ0) is 13.9. The normalized spacial score (nSPS) is 11.8. The lowest BCUT2D eigenvalue weighted by atomic mass is 10.0. The summed E-state index contributed by atoms with van der Waals surface area (Å²) in [5.41, 5.74) is 3.94. The maximum Gasteiger partial charge on any atom is 0.0948 e. The number of imidazole rings is 1. The fourth-order valence-electron chi connectivity index (χ4n) is 2.28. The van der Waals surface area contributed by atoms with Crippen LogP contribution in [-0.2, 0) is 18.5 Å². The Hall–Kier alpha value is -1.61. The standard InChI is InChI=1S/C16H23N3/c1-13-7-5-6-8-14(13)9-10-19-12-18-11-15(19)16(2,3)17-4/h5-8,11-12,17H,9-10H2,1-4H3. The van der Waals surface area contributed by atoms with Crippen LogP contribution < -0.4 is 5.32 Å². The number of hydrogen-bond acceptors (Lipinski definition) is 2. The van der Waals surface area contributed by atoms with Crippen molar-refractivity contribution in [1.82, 2.24) is 14.9 Å². The van der Waals surface area contributed by atoms with Gasteiger partial charge in [0, 0.05) is 12.7 Å². The summed E-state index contributed by atoms with van der Waals surface area (Å²) in [5.74, 6) is 0. The molecule has 1 aromatic carbocycles. The molecule has 1 N–H and O–H groups in total. The van der Waals surface area contributed by atoms with E-state index < -0.39 is 0 Å². The van der Waals surface area contributed by atoms with Gasteiger partial charge in [-0.2, -0.15) is 0 Å². The fourth-order valence-corrected chi connectivity index (χ4v) is 2.28. The highest BCUT2D eigenvalue weighted by Gasteiger charge is 2.21. The van der Waals surface area contributed by atoms with Crippen molar-refractivity contribution in [1.29, 1.82) is 0 Å². The summed E-state index contributed by atoms with van der Waals surface area (Å²) in [5, 5.41) is 3.33. The number of nitrogens with zero attached hydrogens (tertiary/aromatic N) is 2. The monoisotopic (exact) mass is 257 g/mol. The number of aryl methyl sites for hydroxylation is 3. The Morgan fingerprint density at radius 2 is 2.00 bits per heavy atom. The third-order valence-electron chi connectivity index (χ3n) is 3.86. The van der Waals surface area contributed by atoms with Crippen LogP contribution in [0, 0.1) is 6.92 Å². The van der Waals surface area contributed by atoms with Crippen molar-refractivity contribution in [3.63, 3.8) is 0 Å². The second-order valence-corrected chi connectivity index (χ2v) is 5.52. The SMILES string of the molecule is CNC(C)(C)c1cncn1CCc1ccccc1C. The van der Waals surface area contributed by atoms with E-state index in [4.69, 9.17) is 0 Å². The van der Waals surface area contributed by atoms with Crippen molar-refractivity contribution >= 4 is 0 Å². The van der Waals surface area contributed by atoms with Gasteiger partial charge in [-0.05, 0) is 45.4 Å².